The molecule has 7 rings (SSSR count). The van der Waals surface area contributed by atoms with Crippen LogP contribution in [0.4, 0.5) is 4.79 Å². The number of aliphatic hydroxyl groups is 1. The summed E-state index contributed by atoms with van der Waals surface area (Å²) >= 11 is 1.62. The maximum Gasteiger partial charge on any atom is 0.408 e. The van der Waals surface area contributed by atoms with E-state index in [1.54, 1.807) is 23.5 Å². The smallest absolute Gasteiger partial charge is 0.408 e. The second-order valence-corrected chi connectivity index (χ2v) is 14.6. The van der Waals surface area contributed by atoms with E-state index in [1.165, 1.54) is 25.0 Å². The molecule has 10 nitrogen and oxygen atoms in total. The summed E-state index contributed by atoms with van der Waals surface area (Å²) in [7, 11) is 0. The first kappa shape index (κ1) is 35.9. The number of rotatable bonds is 18. The lowest BCUT2D eigenvalue weighted by atomic mass is 9.86. The van der Waals surface area contributed by atoms with Crippen molar-refractivity contribution in [3.63, 3.8) is 0 Å². The summed E-state index contributed by atoms with van der Waals surface area (Å²) < 4.78 is 12.1. The predicted molar refractivity (Wildman–Crippen MR) is 197 cm³/mol. The molecule has 5 N–H and O–H groups in total. The molecular formula is C39H50N4O6S. The fourth-order valence-corrected chi connectivity index (χ4v) is 8.02. The van der Waals surface area contributed by atoms with E-state index in [1.807, 2.05) is 41.8 Å². The van der Waals surface area contributed by atoms with Crippen LogP contribution in [0.25, 0.3) is 10.9 Å². The average molecular weight is 703 g/mol. The fraction of sp³-hybridized carbons (Fsp3) is 0.487. The van der Waals surface area contributed by atoms with Crippen LogP contribution in [0.1, 0.15) is 85.9 Å². The number of H-pyrrole nitrogens is 1. The minimum atomic E-state index is -0.740. The summed E-state index contributed by atoms with van der Waals surface area (Å²) in [5.74, 6) is 1.27. The van der Waals surface area contributed by atoms with Gasteiger partial charge in [-0.05, 0) is 98.1 Å². The number of aliphatic hydroxyl groups excluding tert-OH is 1. The van der Waals surface area contributed by atoms with Gasteiger partial charge in [0.25, 0.3) is 0 Å². The summed E-state index contributed by atoms with van der Waals surface area (Å²) in [5.41, 5.74) is 1.71. The van der Waals surface area contributed by atoms with Crippen LogP contribution >= 0.6 is 11.3 Å². The maximum absolute atomic E-state index is 13.1. The van der Waals surface area contributed by atoms with Crippen molar-refractivity contribution in [3.8, 4) is 11.5 Å². The third-order valence-corrected chi connectivity index (χ3v) is 10.9. The molecule has 268 valence electrons. The summed E-state index contributed by atoms with van der Waals surface area (Å²) in [6.07, 6.45) is 8.85. The van der Waals surface area contributed by atoms with E-state index in [0.717, 1.165) is 87.3 Å². The molecule has 2 bridgehead atoms. The lowest BCUT2D eigenvalue weighted by molar-refractivity contribution is -0.0336. The molecule has 1 amide bonds. The summed E-state index contributed by atoms with van der Waals surface area (Å²) in [4.78, 5) is 30.8. The van der Waals surface area contributed by atoms with Gasteiger partial charge in [0.05, 0.1) is 24.3 Å². The van der Waals surface area contributed by atoms with Gasteiger partial charge in [0.15, 0.2) is 0 Å². The van der Waals surface area contributed by atoms with E-state index in [2.05, 4.69) is 20.5 Å². The number of thiophene rings is 1. The number of aromatic hydroxyl groups is 1. The number of nitrogens with one attached hydrogen (secondary N) is 3. The van der Waals surface area contributed by atoms with Crippen LogP contribution < -0.4 is 20.9 Å². The number of alkyl carbamates (subject to hydrolysis) is 1. The van der Waals surface area contributed by atoms with Crippen molar-refractivity contribution in [3.05, 3.63) is 92.4 Å². The number of carbonyl (C=O) groups is 1. The molecule has 0 saturated carbocycles. The molecule has 4 aromatic rings. The van der Waals surface area contributed by atoms with Crippen LogP contribution in [-0.2, 0) is 4.74 Å². The van der Waals surface area contributed by atoms with Gasteiger partial charge in [0, 0.05) is 29.4 Å². The van der Waals surface area contributed by atoms with Crippen molar-refractivity contribution in [1.82, 2.24) is 20.5 Å². The third kappa shape index (κ3) is 9.66. The van der Waals surface area contributed by atoms with Gasteiger partial charge >= 0.3 is 6.09 Å². The lowest BCUT2D eigenvalue weighted by Gasteiger charge is -2.43. The topological polar surface area (TPSA) is 136 Å². The molecule has 0 spiro atoms. The molecule has 11 heteroatoms. The maximum atomic E-state index is 13.1. The monoisotopic (exact) mass is 702 g/mol. The number of aromatic nitrogens is 1. The van der Waals surface area contributed by atoms with Gasteiger partial charge in [-0.25, -0.2) is 4.79 Å². The normalized spacial score (nSPS) is 19.7. The first-order valence-electron chi connectivity index (χ1n) is 18.1. The molecule has 5 heterocycles. The van der Waals surface area contributed by atoms with E-state index < -0.39 is 6.10 Å². The Morgan fingerprint density at radius 2 is 1.78 bits per heavy atom. The van der Waals surface area contributed by atoms with E-state index in [9.17, 15) is 19.8 Å². The van der Waals surface area contributed by atoms with Crippen molar-refractivity contribution in [2.75, 3.05) is 39.3 Å². The second-order valence-electron chi connectivity index (χ2n) is 13.6. The Kier molecular flexibility index (Phi) is 12.8. The molecule has 0 aliphatic carbocycles. The quantitative estimate of drug-likeness (QED) is 0.0729. The number of hydrogen-bond donors (Lipinski definition) is 5. The highest BCUT2D eigenvalue weighted by atomic mass is 32.1. The van der Waals surface area contributed by atoms with Crippen molar-refractivity contribution >= 4 is 28.3 Å². The van der Waals surface area contributed by atoms with Gasteiger partial charge in [0.1, 0.15) is 17.6 Å². The van der Waals surface area contributed by atoms with Gasteiger partial charge in [0.2, 0.25) is 5.56 Å². The number of carbonyl (C=O) groups excluding carboxylic acids is 1. The minimum absolute atomic E-state index is 0.00804. The summed E-state index contributed by atoms with van der Waals surface area (Å²) in [6.45, 7) is 4.93. The zero-order chi connectivity index (χ0) is 34.7. The van der Waals surface area contributed by atoms with Gasteiger partial charge in [-0.15, -0.1) is 11.3 Å². The highest BCUT2D eigenvalue weighted by Gasteiger charge is 2.37. The number of hydrogen-bond acceptors (Lipinski definition) is 9. The number of phenols is 1. The number of ether oxygens (including phenoxy) is 2. The number of fused-ring (bicyclic) bond motifs is 4. The van der Waals surface area contributed by atoms with Gasteiger partial charge in [-0.3, -0.25) is 9.69 Å². The number of aromatic amines is 1. The predicted octanol–water partition coefficient (Wildman–Crippen LogP) is 6.64. The van der Waals surface area contributed by atoms with Crippen molar-refractivity contribution in [1.29, 1.82) is 0 Å². The number of pyridine rings is 1. The van der Waals surface area contributed by atoms with E-state index in [-0.39, 0.29) is 29.5 Å². The number of amides is 1. The largest absolute Gasteiger partial charge is 0.506 e. The number of benzene rings is 2. The number of phenolic OH excluding ortho intramolecular Hbond substituents is 1. The number of piperidine rings is 3. The van der Waals surface area contributed by atoms with Gasteiger partial charge in [-0.1, -0.05) is 56.4 Å². The van der Waals surface area contributed by atoms with Gasteiger partial charge < -0.3 is 35.3 Å². The first-order valence-corrected chi connectivity index (χ1v) is 19.0. The standard InChI is InChI=1S/C39H50N4O6S/c44-32-15-13-30(31-14-16-36(46)41-38(31)32)33(45)25-40-19-6-4-2-1-3-5-7-22-48-29-11-8-10-28(24-29)37(35-12-9-23-50-35)42-39(47)49-34-26-43-20-17-27(34)18-21-43/h8-16,23-24,27,33-34,37,40,44-45H,1-7,17-22,25-26H2,(H,41,46)(H,42,47). The molecule has 3 saturated heterocycles. The average Bonchev–Trinajstić information content (AvgIpc) is 3.67. The molecule has 3 atom stereocenters. The Labute approximate surface area is 297 Å². The van der Waals surface area contributed by atoms with Crippen LogP contribution in [0.15, 0.2) is 70.8 Å². The fourth-order valence-electron chi connectivity index (χ4n) is 7.22. The van der Waals surface area contributed by atoms with Crippen LogP contribution in [-0.4, -0.2) is 71.6 Å². The van der Waals surface area contributed by atoms with Crippen molar-refractivity contribution in [2.45, 2.75) is 76.0 Å². The molecule has 50 heavy (non-hydrogen) atoms. The van der Waals surface area contributed by atoms with Crippen LogP contribution in [0.5, 0.6) is 11.5 Å². The Bertz CT molecular complexity index is 1720. The number of unbranched alkanes of at least 4 members (excludes halogenated alkanes) is 6. The molecule has 2 aromatic heterocycles. The first-order chi connectivity index (χ1) is 24.4. The Morgan fingerprint density at radius 3 is 2.54 bits per heavy atom. The summed E-state index contributed by atoms with van der Waals surface area (Å²) in [6, 6.07) is 18.0. The van der Waals surface area contributed by atoms with E-state index in [0.29, 0.717) is 35.5 Å². The van der Waals surface area contributed by atoms with E-state index >= 15 is 0 Å². The van der Waals surface area contributed by atoms with Gasteiger partial charge in [-0.2, -0.15) is 0 Å². The summed E-state index contributed by atoms with van der Waals surface area (Å²) in [5, 5.41) is 29.9. The Balaban J connectivity index is 0.847. The Hall–Kier alpha value is -3.90. The molecule has 0 radical (unpaired) electrons. The second kappa shape index (κ2) is 17.8. The minimum Gasteiger partial charge on any atom is -0.506 e. The lowest BCUT2D eigenvalue weighted by Crippen LogP contribution is -2.52. The molecule has 2 aromatic carbocycles. The van der Waals surface area contributed by atoms with E-state index in [4.69, 9.17) is 9.47 Å². The van der Waals surface area contributed by atoms with Crippen LogP contribution in [0.3, 0.4) is 0 Å². The van der Waals surface area contributed by atoms with Crippen molar-refractivity contribution < 1.29 is 24.5 Å². The molecule has 3 fully saturated rings. The Morgan fingerprint density at radius 1 is 0.980 bits per heavy atom. The molecule has 3 unspecified atom stereocenters. The number of nitrogens with zero attached hydrogens (tertiary/aromatic N) is 1. The zero-order valence-electron chi connectivity index (χ0n) is 28.6. The molecule has 3 aliphatic heterocycles. The molecule has 3 aliphatic rings. The highest BCUT2D eigenvalue weighted by molar-refractivity contribution is 7.10. The molecular weight excluding hydrogens is 653 g/mol. The zero-order valence-corrected chi connectivity index (χ0v) is 29.5. The van der Waals surface area contributed by atoms with Crippen molar-refractivity contribution in [2.24, 2.45) is 5.92 Å². The third-order valence-electron chi connectivity index (χ3n) is 10.0. The van der Waals surface area contributed by atoms with Crippen LogP contribution in [0.2, 0.25) is 0 Å². The SMILES string of the molecule is O=C(NC(c1cccc(OCCCCCCCCCNCC(O)c2ccc(O)c3[nH]c(=O)ccc23)c1)c1cccs1)OC1CN2CCC1CC2. The van der Waals surface area contributed by atoms with Crippen LogP contribution in [0, 0.1) is 5.92 Å². The highest BCUT2D eigenvalue weighted by Crippen LogP contribution is 2.32.